The van der Waals surface area contributed by atoms with Crippen LogP contribution < -0.4 is 0 Å². The zero-order valence-electron chi connectivity index (χ0n) is 13.3. The van der Waals surface area contributed by atoms with E-state index < -0.39 is 24.0 Å². The Bertz CT molecular complexity index is 761. The van der Waals surface area contributed by atoms with Gasteiger partial charge in [0.25, 0.3) is 0 Å². The van der Waals surface area contributed by atoms with Crippen LogP contribution in [-0.4, -0.2) is 43.9 Å². The second kappa shape index (κ2) is 6.79. The predicted molar refractivity (Wildman–Crippen MR) is 87.3 cm³/mol. The molecule has 134 valence electrons. The fourth-order valence-electron chi connectivity index (χ4n) is 3.28. The van der Waals surface area contributed by atoms with Crippen molar-refractivity contribution in [2.24, 2.45) is 11.8 Å². The van der Waals surface area contributed by atoms with Gasteiger partial charge in [0, 0.05) is 18.4 Å². The molecule has 1 unspecified atom stereocenters. The highest BCUT2D eigenvalue weighted by atomic mass is 16.5. The first kappa shape index (κ1) is 17.3. The van der Waals surface area contributed by atoms with Crippen molar-refractivity contribution in [1.82, 2.24) is 0 Å². The van der Waals surface area contributed by atoms with Gasteiger partial charge in [-0.1, -0.05) is 12.1 Å². The van der Waals surface area contributed by atoms with Gasteiger partial charge in [-0.25, -0.2) is 0 Å². The van der Waals surface area contributed by atoms with Crippen LogP contribution in [0.3, 0.4) is 0 Å². The number of ether oxygens (including phenoxy) is 1. The minimum atomic E-state index is -1.01. The Balaban J connectivity index is 1.85. The predicted octanol–water partition coefficient (Wildman–Crippen LogP) is 1.54. The molecule has 2 aromatic carbocycles. The minimum absolute atomic E-state index is 0.167. The summed E-state index contributed by atoms with van der Waals surface area (Å²) in [6, 6.07) is 8.34. The van der Waals surface area contributed by atoms with Gasteiger partial charge in [0.05, 0.1) is 18.8 Å². The fraction of sp³-hybridized carbons (Fsp3) is 0.333. The lowest BCUT2D eigenvalue weighted by molar-refractivity contribution is 0.0632. The molecule has 0 bridgehead atoms. The molecule has 1 saturated heterocycles. The lowest BCUT2D eigenvalue weighted by Gasteiger charge is -2.25. The summed E-state index contributed by atoms with van der Waals surface area (Å²) in [5.74, 6) is -2.06. The third-order valence-corrected chi connectivity index (χ3v) is 4.69. The second-order valence-electron chi connectivity index (χ2n) is 6.21. The third kappa shape index (κ3) is 3.21. The Hall–Kier alpha value is -2.48. The summed E-state index contributed by atoms with van der Waals surface area (Å²) in [6.45, 7) is -0.0849. The number of aliphatic hydroxyl groups is 2. The molecule has 0 spiro atoms. The molecule has 3 rings (SSSR count). The van der Waals surface area contributed by atoms with Crippen LogP contribution in [0, 0.1) is 11.8 Å². The lowest BCUT2D eigenvalue weighted by atomic mass is 9.82. The van der Waals surface area contributed by atoms with Gasteiger partial charge in [-0.2, -0.15) is 0 Å². The SMILES string of the molecule is OC[C@H]1C([C@H](O)c2ccc(O)c(O)c2)CO[C@@H]1c1ccc(O)c(O)c1. The third-order valence-electron chi connectivity index (χ3n) is 4.69. The summed E-state index contributed by atoms with van der Waals surface area (Å²) in [5, 5.41) is 58.5. The van der Waals surface area contributed by atoms with Gasteiger partial charge in [-0.3, -0.25) is 0 Å². The van der Waals surface area contributed by atoms with Crippen LogP contribution in [0.25, 0.3) is 0 Å². The average Bonchev–Trinajstić information content (AvgIpc) is 3.03. The number of benzene rings is 2. The molecule has 1 heterocycles. The van der Waals surface area contributed by atoms with Crippen molar-refractivity contribution in [2.45, 2.75) is 12.2 Å². The Kier molecular flexibility index (Phi) is 4.71. The molecule has 2 aromatic rings. The van der Waals surface area contributed by atoms with Gasteiger partial charge in [0.1, 0.15) is 0 Å². The van der Waals surface area contributed by atoms with Gasteiger partial charge in [-0.05, 0) is 35.4 Å². The van der Waals surface area contributed by atoms with Gasteiger partial charge < -0.3 is 35.4 Å². The molecule has 7 nitrogen and oxygen atoms in total. The molecule has 1 fully saturated rings. The van der Waals surface area contributed by atoms with Crippen LogP contribution in [-0.2, 0) is 4.74 Å². The van der Waals surface area contributed by atoms with E-state index in [2.05, 4.69) is 0 Å². The highest BCUT2D eigenvalue weighted by Gasteiger charge is 2.42. The molecule has 4 atom stereocenters. The van der Waals surface area contributed by atoms with Crippen LogP contribution in [0.1, 0.15) is 23.3 Å². The molecule has 1 aliphatic heterocycles. The Morgan fingerprint density at radius 3 is 2.16 bits per heavy atom. The van der Waals surface area contributed by atoms with E-state index in [4.69, 9.17) is 4.74 Å². The van der Waals surface area contributed by atoms with Crippen molar-refractivity contribution in [1.29, 1.82) is 0 Å². The first-order valence-corrected chi connectivity index (χ1v) is 7.86. The zero-order chi connectivity index (χ0) is 18.1. The number of rotatable bonds is 4. The van der Waals surface area contributed by atoms with E-state index in [-0.39, 0.29) is 36.2 Å². The molecule has 0 amide bonds. The van der Waals surface area contributed by atoms with Crippen LogP contribution >= 0.6 is 0 Å². The first-order chi connectivity index (χ1) is 11.9. The average molecular weight is 348 g/mol. The number of aromatic hydroxyl groups is 4. The smallest absolute Gasteiger partial charge is 0.157 e. The normalized spacial score (nSPS) is 24.3. The van der Waals surface area contributed by atoms with Crippen LogP contribution in [0.4, 0.5) is 0 Å². The zero-order valence-corrected chi connectivity index (χ0v) is 13.3. The number of phenols is 4. The van der Waals surface area contributed by atoms with Crippen molar-refractivity contribution in [3.63, 3.8) is 0 Å². The number of hydrogen-bond donors (Lipinski definition) is 6. The van der Waals surface area contributed by atoms with E-state index in [1.165, 1.54) is 30.3 Å². The fourth-order valence-corrected chi connectivity index (χ4v) is 3.28. The van der Waals surface area contributed by atoms with E-state index >= 15 is 0 Å². The van der Waals surface area contributed by atoms with E-state index in [0.29, 0.717) is 11.1 Å². The van der Waals surface area contributed by atoms with Gasteiger partial charge >= 0.3 is 0 Å². The topological polar surface area (TPSA) is 131 Å². The second-order valence-corrected chi connectivity index (χ2v) is 6.21. The molecule has 25 heavy (non-hydrogen) atoms. The molecular formula is C18H20O7. The van der Waals surface area contributed by atoms with Gasteiger partial charge in [0.2, 0.25) is 0 Å². The largest absolute Gasteiger partial charge is 0.504 e. The van der Waals surface area contributed by atoms with Gasteiger partial charge in [0.15, 0.2) is 23.0 Å². The van der Waals surface area contributed by atoms with Crippen LogP contribution in [0.2, 0.25) is 0 Å². The van der Waals surface area contributed by atoms with Crippen molar-refractivity contribution < 1.29 is 35.4 Å². The van der Waals surface area contributed by atoms with Crippen LogP contribution in [0.15, 0.2) is 36.4 Å². The molecule has 0 radical (unpaired) electrons. The van der Waals surface area contributed by atoms with Crippen molar-refractivity contribution in [3.05, 3.63) is 47.5 Å². The summed E-state index contributed by atoms with van der Waals surface area (Å²) in [5.41, 5.74) is 0.981. The Labute approximate surface area is 144 Å². The number of hydrogen-bond acceptors (Lipinski definition) is 7. The minimum Gasteiger partial charge on any atom is -0.504 e. The first-order valence-electron chi connectivity index (χ1n) is 7.86. The lowest BCUT2D eigenvalue weighted by Crippen LogP contribution is -2.24. The maximum absolute atomic E-state index is 10.6. The van der Waals surface area contributed by atoms with E-state index in [9.17, 15) is 30.6 Å². The van der Waals surface area contributed by atoms with E-state index in [1.54, 1.807) is 6.07 Å². The summed E-state index contributed by atoms with van der Waals surface area (Å²) >= 11 is 0. The van der Waals surface area contributed by atoms with Gasteiger partial charge in [-0.15, -0.1) is 0 Å². The summed E-state index contributed by atoms with van der Waals surface area (Å²) in [4.78, 5) is 0. The summed E-state index contributed by atoms with van der Waals surface area (Å²) < 4.78 is 5.72. The van der Waals surface area contributed by atoms with E-state index in [1.807, 2.05) is 0 Å². The molecule has 0 aromatic heterocycles. The van der Waals surface area contributed by atoms with Crippen molar-refractivity contribution in [2.75, 3.05) is 13.2 Å². The molecular weight excluding hydrogens is 328 g/mol. The van der Waals surface area contributed by atoms with Crippen LogP contribution in [0.5, 0.6) is 23.0 Å². The number of phenolic OH excluding ortho intramolecular Hbond substituents is 4. The highest BCUT2D eigenvalue weighted by molar-refractivity contribution is 5.43. The Morgan fingerprint density at radius 2 is 1.56 bits per heavy atom. The quantitative estimate of drug-likeness (QED) is 0.462. The van der Waals surface area contributed by atoms with Crippen molar-refractivity contribution in [3.8, 4) is 23.0 Å². The van der Waals surface area contributed by atoms with E-state index in [0.717, 1.165) is 0 Å². The molecule has 0 saturated carbocycles. The molecule has 1 aliphatic rings. The molecule has 0 aliphatic carbocycles. The summed E-state index contributed by atoms with van der Waals surface area (Å²) in [7, 11) is 0. The van der Waals surface area contributed by atoms with Crippen molar-refractivity contribution >= 4 is 0 Å². The monoisotopic (exact) mass is 348 g/mol. The summed E-state index contributed by atoms with van der Waals surface area (Å²) in [6.07, 6.45) is -1.57. The molecule has 7 heteroatoms. The number of aliphatic hydroxyl groups excluding tert-OH is 2. The standard InChI is InChI=1S/C18H20O7/c19-7-11-12(17(24)9-1-3-13(20)15(22)5-9)8-25-18(11)10-2-4-14(21)16(23)6-10/h1-6,11-12,17-24H,7-8H2/t11-,12?,17+,18+/m0/s1. The maximum Gasteiger partial charge on any atom is 0.157 e. The Morgan fingerprint density at radius 1 is 0.920 bits per heavy atom. The maximum atomic E-state index is 10.6. The molecule has 6 N–H and O–H groups in total. The highest BCUT2D eigenvalue weighted by Crippen LogP contribution is 2.45.